The van der Waals surface area contributed by atoms with Crippen molar-refractivity contribution in [3.8, 4) is 0 Å². The van der Waals surface area contributed by atoms with Crippen molar-refractivity contribution in [1.29, 1.82) is 0 Å². The van der Waals surface area contributed by atoms with E-state index in [9.17, 15) is 0 Å². The number of hydrogen-bond donors (Lipinski definition) is 0. The van der Waals surface area contributed by atoms with Gasteiger partial charge in [0.05, 0.1) is 0 Å². The average Bonchev–Trinajstić information content (AvgIpc) is 2.76. The number of aromatic nitrogens is 4. The van der Waals surface area contributed by atoms with Crippen LogP contribution in [0.25, 0.3) is 0 Å². The molecule has 0 atom stereocenters. The number of anilines is 1. The van der Waals surface area contributed by atoms with Gasteiger partial charge in [-0.15, -0.1) is 0 Å². The third-order valence-electron chi connectivity index (χ3n) is 2.92. The van der Waals surface area contributed by atoms with Crippen molar-refractivity contribution in [3.63, 3.8) is 0 Å². The zero-order valence-corrected chi connectivity index (χ0v) is 11.2. The molecule has 0 aliphatic rings. The summed E-state index contributed by atoms with van der Waals surface area (Å²) >= 11 is 0. The zero-order valence-electron chi connectivity index (χ0n) is 11.2. The van der Waals surface area contributed by atoms with E-state index in [1.807, 2.05) is 45.7 Å². The second kappa shape index (κ2) is 5.62. The molecule has 2 aromatic heterocycles. The number of nitrogens with zero attached hydrogens (tertiary/aromatic N) is 5. The Morgan fingerprint density at radius 1 is 1.17 bits per heavy atom. The third-order valence-corrected chi connectivity index (χ3v) is 2.92. The number of rotatable bonds is 5. The van der Waals surface area contributed by atoms with Crippen molar-refractivity contribution in [1.82, 2.24) is 19.5 Å². The molecular weight excluding hydrogens is 226 g/mol. The van der Waals surface area contributed by atoms with Gasteiger partial charge in [0.1, 0.15) is 5.82 Å². The fraction of sp³-hybridized carbons (Fsp3) is 0.462. The molecule has 0 fully saturated rings. The van der Waals surface area contributed by atoms with E-state index in [1.165, 1.54) is 0 Å². The molecule has 0 unspecified atom stereocenters. The summed E-state index contributed by atoms with van der Waals surface area (Å²) in [4.78, 5) is 14.9. The summed E-state index contributed by atoms with van der Waals surface area (Å²) in [6.07, 6.45) is 8.59. The SMILES string of the molecule is Cc1cnc(N(C)CCCn2ccnc2C)nc1. The molecule has 0 spiro atoms. The fourth-order valence-electron chi connectivity index (χ4n) is 1.80. The Morgan fingerprint density at radius 2 is 1.89 bits per heavy atom. The smallest absolute Gasteiger partial charge is 0.224 e. The van der Waals surface area contributed by atoms with Crippen molar-refractivity contribution in [2.24, 2.45) is 0 Å². The average molecular weight is 245 g/mol. The summed E-state index contributed by atoms with van der Waals surface area (Å²) < 4.78 is 2.16. The van der Waals surface area contributed by atoms with Crippen LogP contribution in [0.1, 0.15) is 17.8 Å². The highest BCUT2D eigenvalue weighted by Gasteiger charge is 2.03. The Kier molecular flexibility index (Phi) is 3.92. The van der Waals surface area contributed by atoms with Gasteiger partial charge in [0, 0.05) is 44.9 Å². The quantitative estimate of drug-likeness (QED) is 0.806. The highest BCUT2D eigenvalue weighted by molar-refractivity contribution is 5.27. The van der Waals surface area contributed by atoms with Gasteiger partial charge in [0.15, 0.2) is 0 Å². The first-order valence-corrected chi connectivity index (χ1v) is 6.14. The molecule has 0 amide bonds. The van der Waals surface area contributed by atoms with Crippen molar-refractivity contribution in [2.75, 3.05) is 18.5 Å². The van der Waals surface area contributed by atoms with Gasteiger partial charge in [-0.3, -0.25) is 0 Å². The molecule has 96 valence electrons. The van der Waals surface area contributed by atoms with Crippen LogP contribution in [0.2, 0.25) is 0 Å². The maximum atomic E-state index is 4.31. The van der Waals surface area contributed by atoms with Crippen LogP contribution in [0.15, 0.2) is 24.8 Å². The number of hydrogen-bond acceptors (Lipinski definition) is 4. The van der Waals surface area contributed by atoms with Gasteiger partial charge in [-0.25, -0.2) is 15.0 Å². The molecule has 0 saturated carbocycles. The molecule has 2 heterocycles. The lowest BCUT2D eigenvalue weighted by molar-refractivity contribution is 0.619. The molecule has 0 aliphatic carbocycles. The molecular formula is C13H19N5. The minimum absolute atomic E-state index is 0.781. The van der Waals surface area contributed by atoms with Gasteiger partial charge < -0.3 is 9.47 Å². The standard InChI is InChI=1S/C13H19N5/c1-11-9-15-13(16-10-11)17(3)6-4-7-18-8-5-14-12(18)2/h5,8-10H,4,6-7H2,1-3H3. The minimum Gasteiger partial charge on any atom is -0.344 e. The van der Waals surface area contributed by atoms with Gasteiger partial charge in [-0.1, -0.05) is 0 Å². The van der Waals surface area contributed by atoms with Crippen molar-refractivity contribution in [2.45, 2.75) is 26.8 Å². The van der Waals surface area contributed by atoms with Crippen LogP contribution in [0.4, 0.5) is 5.95 Å². The highest BCUT2D eigenvalue weighted by atomic mass is 15.2. The first-order chi connectivity index (χ1) is 8.66. The van der Waals surface area contributed by atoms with Crippen LogP contribution >= 0.6 is 0 Å². The maximum Gasteiger partial charge on any atom is 0.224 e. The van der Waals surface area contributed by atoms with E-state index < -0.39 is 0 Å². The van der Waals surface area contributed by atoms with Crippen LogP contribution in [-0.2, 0) is 6.54 Å². The summed E-state index contributed by atoms with van der Waals surface area (Å²) in [5.74, 6) is 1.84. The molecule has 5 heteroatoms. The molecule has 18 heavy (non-hydrogen) atoms. The van der Waals surface area contributed by atoms with Gasteiger partial charge in [0.2, 0.25) is 5.95 Å². The Labute approximate surface area is 108 Å². The van der Waals surface area contributed by atoms with Gasteiger partial charge in [-0.2, -0.15) is 0 Å². The Morgan fingerprint density at radius 3 is 2.50 bits per heavy atom. The topological polar surface area (TPSA) is 46.8 Å². The Balaban J connectivity index is 1.83. The van der Waals surface area contributed by atoms with E-state index in [1.54, 1.807) is 0 Å². The monoisotopic (exact) mass is 245 g/mol. The fourth-order valence-corrected chi connectivity index (χ4v) is 1.80. The molecule has 0 aliphatic heterocycles. The van der Waals surface area contributed by atoms with E-state index in [2.05, 4.69) is 24.4 Å². The summed E-state index contributed by atoms with van der Waals surface area (Å²) in [5, 5.41) is 0. The van der Waals surface area contributed by atoms with E-state index in [-0.39, 0.29) is 0 Å². The van der Waals surface area contributed by atoms with Crippen LogP contribution in [0, 0.1) is 13.8 Å². The molecule has 0 bridgehead atoms. The summed E-state index contributed by atoms with van der Waals surface area (Å²) in [6, 6.07) is 0. The van der Waals surface area contributed by atoms with Gasteiger partial charge >= 0.3 is 0 Å². The number of aryl methyl sites for hydroxylation is 3. The predicted molar refractivity (Wildman–Crippen MR) is 71.6 cm³/mol. The van der Waals surface area contributed by atoms with Crippen LogP contribution in [0.3, 0.4) is 0 Å². The van der Waals surface area contributed by atoms with Crippen LogP contribution < -0.4 is 4.90 Å². The zero-order chi connectivity index (χ0) is 13.0. The van der Waals surface area contributed by atoms with E-state index >= 15 is 0 Å². The van der Waals surface area contributed by atoms with Gasteiger partial charge in [-0.05, 0) is 25.8 Å². The van der Waals surface area contributed by atoms with Gasteiger partial charge in [0.25, 0.3) is 0 Å². The second-order valence-corrected chi connectivity index (χ2v) is 4.50. The van der Waals surface area contributed by atoms with E-state index in [0.29, 0.717) is 0 Å². The molecule has 2 aromatic rings. The Bertz CT molecular complexity index is 488. The molecule has 2 rings (SSSR count). The Hall–Kier alpha value is -1.91. The summed E-state index contributed by atoms with van der Waals surface area (Å²) in [5.41, 5.74) is 1.08. The van der Waals surface area contributed by atoms with Crippen molar-refractivity contribution >= 4 is 5.95 Å². The molecule has 0 N–H and O–H groups in total. The second-order valence-electron chi connectivity index (χ2n) is 4.50. The highest BCUT2D eigenvalue weighted by Crippen LogP contribution is 2.06. The predicted octanol–water partition coefficient (Wildman–Crippen LogP) is 1.82. The normalized spacial score (nSPS) is 10.6. The summed E-state index contributed by atoms with van der Waals surface area (Å²) in [7, 11) is 2.02. The molecule has 0 aromatic carbocycles. The molecule has 0 radical (unpaired) electrons. The van der Waals surface area contributed by atoms with E-state index in [0.717, 1.165) is 36.8 Å². The van der Waals surface area contributed by atoms with Crippen LogP contribution in [-0.4, -0.2) is 33.1 Å². The first kappa shape index (κ1) is 12.5. The molecule has 5 nitrogen and oxygen atoms in total. The van der Waals surface area contributed by atoms with Crippen LogP contribution in [0.5, 0.6) is 0 Å². The van der Waals surface area contributed by atoms with Crippen molar-refractivity contribution in [3.05, 3.63) is 36.2 Å². The lowest BCUT2D eigenvalue weighted by atomic mass is 10.4. The summed E-state index contributed by atoms with van der Waals surface area (Å²) in [6.45, 7) is 5.92. The largest absolute Gasteiger partial charge is 0.344 e. The molecule has 0 saturated heterocycles. The van der Waals surface area contributed by atoms with E-state index in [4.69, 9.17) is 0 Å². The third kappa shape index (κ3) is 3.06. The first-order valence-electron chi connectivity index (χ1n) is 6.14. The maximum absolute atomic E-state index is 4.31. The lowest BCUT2D eigenvalue weighted by Gasteiger charge is -2.17. The number of imidazole rings is 1. The van der Waals surface area contributed by atoms with Crippen molar-refractivity contribution < 1.29 is 0 Å². The lowest BCUT2D eigenvalue weighted by Crippen LogP contribution is -2.22. The minimum atomic E-state index is 0.781.